The predicted molar refractivity (Wildman–Crippen MR) is 46.9 cm³/mol. The number of nitrogens with one attached hydrogen (secondary N) is 1. The van der Waals surface area contributed by atoms with Crippen molar-refractivity contribution in [1.82, 2.24) is 10.3 Å². The van der Waals surface area contributed by atoms with E-state index in [0.29, 0.717) is 5.56 Å². The molecule has 0 unspecified atom stereocenters. The van der Waals surface area contributed by atoms with Crippen LogP contribution >= 0.6 is 0 Å². The lowest BCUT2D eigenvalue weighted by Gasteiger charge is -1.97. The van der Waals surface area contributed by atoms with Crippen LogP contribution in [0.4, 0.5) is 0 Å². The summed E-state index contributed by atoms with van der Waals surface area (Å²) in [7, 11) is 0. The van der Waals surface area contributed by atoms with E-state index in [1.165, 1.54) is 12.4 Å². The molecule has 2 amide bonds. The van der Waals surface area contributed by atoms with Crippen LogP contribution in [0.3, 0.4) is 0 Å². The summed E-state index contributed by atoms with van der Waals surface area (Å²) >= 11 is 0. The Balaban J connectivity index is 2.54. The molecular weight excluding hydrogens is 184 g/mol. The Morgan fingerprint density at radius 2 is 1.79 bits per heavy atom. The lowest BCUT2D eigenvalue weighted by Crippen LogP contribution is -2.22. The Kier molecular flexibility index (Phi) is 1.78. The molecule has 1 aromatic heterocycles. The van der Waals surface area contributed by atoms with Gasteiger partial charge >= 0.3 is 0 Å². The van der Waals surface area contributed by atoms with Crippen molar-refractivity contribution in [2.45, 2.75) is 0 Å². The van der Waals surface area contributed by atoms with Crippen molar-refractivity contribution in [3.8, 4) is 0 Å². The number of pyridine rings is 1. The zero-order chi connectivity index (χ0) is 10.1. The maximum Gasteiger partial charge on any atom is 0.293 e. The number of carbonyl (C=O) groups excluding carboxylic acids is 2. The molecule has 2 heterocycles. The second kappa shape index (κ2) is 2.95. The molecular formula is C9H6N2O3. The van der Waals surface area contributed by atoms with Crippen LogP contribution in [0.25, 0.3) is 5.57 Å². The second-order valence-electron chi connectivity index (χ2n) is 2.74. The maximum absolute atomic E-state index is 11.2. The van der Waals surface area contributed by atoms with Crippen molar-refractivity contribution in [1.29, 1.82) is 0 Å². The minimum Gasteiger partial charge on any atom is -0.502 e. The lowest BCUT2D eigenvalue weighted by molar-refractivity contribution is -0.124. The first kappa shape index (κ1) is 8.43. The number of rotatable bonds is 1. The summed E-state index contributed by atoms with van der Waals surface area (Å²) in [4.78, 5) is 25.9. The topological polar surface area (TPSA) is 79.3 Å². The Bertz CT molecular complexity index is 437. The number of nitrogens with zero attached hydrogens (tertiary/aromatic N) is 1. The van der Waals surface area contributed by atoms with Gasteiger partial charge in [0.1, 0.15) is 0 Å². The Morgan fingerprint density at radius 1 is 1.14 bits per heavy atom. The Morgan fingerprint density at radius 3 is 2.29 bits per heavy atom. The summed E-state index contributed by atoms with van der Waals surface area (Å²) in [6, 6.07) is 3.09. The van der Waals surface area contributed by atoms with E-state index in [0.717, 1.165) is 0 Å². The molecule has 0 saturated carbocycles. The van der Waals surface area contributed by atoms with Gasteiger partial charge in [-0.15, -0.1) is 0 Å². The highest BCUT2D eigenvalue weighted by Gasteiger charge is 2.30. The number of aromatic nitrogens is 1. The number of carbonyl (C=O) groups is 2. The molecule has 5 heteroatoms. The molecule has 0 fully saturated rings. The first-order valence-electron chi connectivity index (χ1n) is 3.89. The van der Waals surface area contributed by atoms with Crippen LogP contribution in [-0.4, -0.2) is 21.9 Å². The van der Waals surface area contributed by atoms with E-state index >= 15 is 0 Å². The van der Waals surface area contributed by atoms with Gasteiger partial charge in [0.2, 0.25) is 0 Å². The highest BCUT2D eigenvalue weighted by Crippen LogP contribution is 2.21. The number of hydrogen-bond donors (Lipinski definition) is 2. The molecule has 0 spiro atoms. The summed E-state index contributed by atoms with van der Waals surface area (Å²) in [5, 5.41) is 11.3. The average molecular weight is 190 g/mol. The van der Waals surface area contributed by atoms with E-state index in [-0.39, 0.29) is 5.57 Å². The van der Waals surface area contributed by atoms with Crippen molar-refractivity contribution in [2.75, 3.05) is 0 Å². The van der Waals surface area contributed by atoms with Gasteiger partial charge in [-0.3, -0.25) is 19.9 Å². The summed E-state index contributed by atoms with van der Waals surface area (Å²) in [5.74, 6) is -1.89. The van der Waals surface area contributed by atoms with Crippen molar-refractivity contribution >= 4 is 17.4 Å². The zero-order valence-electron chi connectivity index (χ0n) is 7.02. The third-order valence-corrected chi connectivity index (χ3v) is 1.87. The van der Waals surface area contributed by atoms with Crippen LogP contribution in [0, 0.1) is 0 Å². The summed E-state index contributed by atoms with van der Waals surface area (Å²) in [5.41, 5.74) is 0.471. The van der Waals surface area contributed by atoms with Gasteiger partial charge in [0, 0.05) is 12.4 Å². The number of imide groups is 1. The first-order chi connectivity index (χ1) is 6.70. The highest BCUT2D eigenvalue weighted by atomic mass is 16.3. The Labute approximate surface area is 79.1 Å². The van der Waals surface area contributed by atoms with Crippen molar-refractivity contribution in [2.24, 2.45) is 0 Å². The molecule has 0 aromatic carbocycles. The van der Waals surface area contributed by atoms with Crippen LogP contribution in [0.1, 0.15) is 5.56 Å². The van der Waals surface area contributed by atoms with Gasteiger partial charge in [-0.1, -0.05) is 0 Å². The molecule has 0 bridgehead atoms. The van der Waals surface area contributed by atoms with Crippen molar-refractivity contribution in [3.05, 3.63) is 35.8 Å². The summed E-state index contributed by atoms with van der Waals surface area (Å²) in [6.45, 7) is 0. The van der Waals surface area contributed by atoms with Crippen LogP contribution in [-0.2, 0) is 9.59 Å². The minimum absolute atomic E-state index is 0.00241. The van der Waals surface area contributed by atoms with Crippen molar-refractivity contribution in [3.63, 3.8) is 0 Å². The van der Waals surface area contributed by atoms with E-state index in [1.54, 1.807) is 12.1 Å². The third-order valence-electron chi connectivity index (χ3n) is 1.87. The molecule has 0 aliphatic carbocycles. The first-order valence-corrected chi connectivity index (χ1v) is 3.89. The van der Waals surface area contributed by atoms with Gasteiger partial charge in [0.05, 0.1) is 5.57 Å². The number of aliphatic hydroxyl groups is 1. The van der Waals surface area contributed by atoms with Crippen LogP contribution < -0.4 is 5.32 Å². The van der Waals surface area contributed by atoms with Gasteiger partial charge in [0.25, 0.3) is 11.8 Å². The van der Waals surface area contributed by atoms with E-state index in [1.807, 2.05) is 5.32 Å². The van der Waals surface area contributed by atoms with Gasteiger partial charge in [-0.2, -0.15) is 0 Å². The molecule has 0 saturated heterocycles. The third kappa shape index (κ3) is 1.15. The van der Waals surface area contributed by atoms with Gasteiger partial charge in [-0.25, -0.2) is 0 Å². The summed E-state index contributed by atoms with van der Waals surface area (Å²) < 4.78 is 0. The second-order valence-corrected chi connectivity index (χ2v) is 2.74. The van der Waals surface area contributed by atoms with Crippen LogP contribution in [0.15, 0.2) is 30.3 Å². The molecule has 2 rings (SSSR count). The number of aliphatic hydroxyl groups excluding tert-OH is 1. The maximum atomic E-state index is 11.2. The zero-order valence-corrected chi connectivity index (χ0v) is 7.02. The molecule has 1 aromatic rings. The predicted octanol–water partition coefficient (Wildman–Crippen LogP) is 0.00710. The quantitative estimate of drug-likeness (QED) is 0.611. The minimum atomic E-state index is -0.762. The van der Waals surface area contributed by atoms with E-state index in [2.05, 4.69) is 4.98 Å². The largest absolute Gasteiger partial charge is 0.502 e. The van der Waals surface area contributed by atoms with E-state index in [9.17, 15) is 14.7 Å². The monoisotopic (exact) mass is 190 g/mol. The number of hydrogen-bond acceptors (Lipinski definition) is 4. The fraction of sp³-hybridized carbons (Fsp3) is 0. The highest BCUT2D eigenvalue weighted by molar-refractivity contribution is 6.35. The average Bonchev–Trinajstić information content (AvgIpc) is 2.43. The fourth-order valence-corrected chi connectivity index (χ4v) is 1.23. The SMILES string of the molecule is O=C1NC(=O)C(c2ccncc2)=C1O. The lowest BCUT2D eigenvalue weighted by atomic mass is 10.1. The molecule has 70 valence electrons. The van der Waals surface area contributed by atoms with Gasteiger partial charge in [0.15, 0.2) is 5.76 Å². The molecule has 2 N–H and O–H groups in total. The van der Waals surface area contributed by atoms with E-state index in [4.69, 9.17) is 0 Å². The number of amides is 2. The molecule has 0 atom stereocenters. The van der Waals surface area contributed by atoms with Crippen LogP contribution in [0.5, 0.6) is 0 Å². The van der Waals surface area contributed by atoms with Crippen LogP contribution in [0.2, 0.25) is 0 Å². The normalized spacial score (nSPS) is 16.0. The standard InChI is InChI=1S/C9H6N2O3/c12-7-6(8(13)11-9(7)14)5-1-3-10-4-2-5/h1-4H,(H2,11,12,13,14). The summed E-state index contributed by atoms with van der Waals surface area (Å²) in [6.07, 6.45) is 2.96. The van der Waals surface area contributed by atoms with Gasteiger partial charge < -0.3 is 5.11 Å². The fourth-order valence-electron chi connectivity index (χ4n) is 1.23. The van der Waals surface area contributed by atoms with Gasteiger partial charge in [-0.05, 0) is 17.7 Å². The molecule has 0 radical (unpaired) electrons. The van der Waals surface area contributed by atoms with Crippen molar-refractivity contribution < 1.29 is 14.7 Å². The molecule has 1 aliphatic heterocycles. The van der Waals surface area contributed by atoms with E-state index < -0.39 is 17.6 Å². The molecule has 5 nitrogen and oxygen atoms in total. The molecule has 1 aliphatic rings. The Hall–Kier alpha value is -2.17. The molecule has 14 heavy (non-hydrogen) atoms. The smallest absolute Gasteiger partial charge is 0.293 e.